The largest absolute Gasteiger partial charge is 0.378 e. The molecule has 0 aliphatic carbocycles. The molecule has 1 fully saturated rings. The Hall–Kier alpha value is -1.54. The normalized spacial score (nSPS) is 18.6. The van der Waals surface area contributed by atoms with Crippen molar-refractivity contribution in [3.05, 3.63) is 6.33 Å². The average Bonchev–Trinajstić information content (AvgIpc) is 3.02. The summed E-state index contributed by atoms with van der Waals surface area (Å²) >= 11 is 0. The molecule has 8 heteroatoms. The number of tetrazole rings is 1. The Kier molecular flexibility index (Phi) is 6.06. The Labute approximate surface area is 124 Å². The number of hydrogen-bond acceptors (Lipinski definition) is 6. The highest BCUT2D eigenvalue weighted by Gasteiger charge is 2.17. The van der Waals surface area contributed by atoms with E-state index in [1.165, 1.54) is 11.0 Å². The Morgan fingerprint density at radius 1 is 1.48 bits per heavy atom. The van der Waals surface area contributed by atoms with Gasteiger partial charge in [0.1, 0.15) is 12.4 Å². The van der Waals surface area contributed by atoms with E-state index in [0.29, 0.717) is 19.3 Å². The zero-order chi connectivity index (χ0) is 15.1. The third-order valence-electron chi connectivity index (χ3n) is 3.78. The average molecular weight is 296 g/mol. The zero-order valence-electron chi connectivity index (χ0n) is 12.7. The molecule has 2 rings (SSSR count). The second-order valence-corrected chi connectivity index (χ2v) is 5.48. The number of amides is 1. The van der Waals surface area contributed by atoms with Crippen molar-refractivity contribution in [3.8, 4) is 0 Å². The molecule has 2 heterocycles. The predicted molar refractivity (Wildman–Crippen MR) is 76.6 cm³/mol. The van der Waals surface area contributed by atoms with Gasteiger partial charge in [-0.1, -0.05) is 0 Å². The Bertz CT molecular complexity index is 416. The van der Waals surface area contributed by atoms with Crippen molar-refractivity contribution < 1.29 is 9.53 Å². The van der Waals surface area contributed by atoms with Crippen LogP contribution in [0, 0.1) is 0 Å². The standard InChI is InChI=1S/C13H24N6O2/c1-11(19-10-15-16-17-19)13(20)14-6-3-9-21-12-4-7-18(2)8-5-12/h10-12H,3-9H2,1-2H3,(H,14,20)/t11-/m0/s1. The van der Waals surface area contributed by atoms with E-state index in [-0.39, 0.29) is 5.91 Å². The van der Waals surface area contributed by atoms with Crippen molar-refractivity contribution >= 4 is 5.91 Å². The second-order valence-electron chi connectivity index (χ2n) is 5.48. The van der Waals surface area contributed by atoms with Crippen LogP contribution in [0.5, 0.6) is 0 Å². The summed E-state index contributed by atoms with van der Waals surface area (Å²) in [4.78, 5) is 14.2. The summed E-state index contributed by atoms with van der Waals surface area (Å²) in [7, 11) is 2.14. The number of hydrogen-bond donors (Lipinski definition) is 1. The van der Waals surface area contributed by atoms with Crippen molar-refractivity contribution in [3.63, 3.8) is 0 Å². The molecule has 1 N–H and O–H groups in total. The Morgan fingerprint density at radius 3 is 2.90 bits per heavy atom. The van der Waals surface area contributed by atoms with Crippen molar-refractivity contribution in [2.75, 3.05) is 33.3 Å². The molecule has 8 nitrogen and oxygen atoms in total. The van der Waals surface area contributed by atoms with Crippen molar-refractivity contribution in [2.24, 2.45) is 0 Å². The van der Waals surface area contributed by atoms with Crippen LogP contribution in [0.3, 0.4) is 0 Å². The number of piperidine rings is 1. The topological polar surface area (TPSA) is 85.2 Å². The molecule has 1 amide bonds. The van der Waals surface area contributed by atoms with Gasteiger partial charge in [0.15, 0.2) is 0 Å². The SMILES string of the molecule is C[C@@H](C(=O)NCCCOC1CCN(C)CC1)n1cnnn1. The van der Waals surface area contributed by atoms with Crippen molar-refractivity contribution in [1.29, 1.82) is 0 Å². The molecule has 0 unspecified atom stereocenters. The first-order chi connectivity index (χ1) is 10.2. The maximum atomic E-state index is 11.9. The predicted octanol–water partition coefficient (Wildman–Crippen LogP) is -0.149. The lowest BCUT2D eigenvalue weighted by Gasteiger charge is -2.28. The summed E-state index contributed by atoms with van der Waals surface area (Å²) in [6, 6.07) is -0.394. The van der Waals surface area contributed by atoms with Gasteiger partial charge < -0.3 is 15.0 Å². The monoisotopic (exact) mass is 296 g/mol. The highest BCUT2D eigenvalue weighted by molar-refractivity contribution is 5.79. The van der Waals surface area contributed by atoms with Crippen molar-refractivity contribution in [2.45, 2.75) is 38.3 Å². The van der Waals surface area contributed by atoms with E-state index in [4.69, 9.17) is 4.74 Å². The lowest BCUT2D eigenvalue weighted by atomic mass is 10.1. The van der Waals surface area contributed by atoms with E-state index in [2.05, 4.69) is 32.8 Å². The Morgan fingerprint density at radius 2 is 2.24 bits per heavy atom. The molecule has 1 aliphatic heterocycles. The summed E-state index contributed by atoms with van der Waals surface area (Å²) in [6.45, 7) is 5.27. The first-order valence-electron chi connectivity index (χ1n) is 7.47. The van der Waals surface area contributed by atoms with Crippen LogP contribution in [-0.2, 0) is 9.53 Å². The number of likely N-dealkylation sites (tertiary alicyclic amines) is 1. The first kappa shape index (κ1) is 15.8. The van der Waals surface area contributed by atoms with Gasteiger partial charge in [-0.05, 0) is 43.7 Å². The van der Waals surface area contributed by atoms with Gasteiger partial charge in [0.25, 0.3) is 0 Å². The summed E-state index contributed by atoms with van der Waals surface area (Å²) in [5, 5.41) is 13.6. The maximum absolute atomic E-state index is 11.9. The van der Waals surface area contributed by atoms with E-state index < -0.39 is 6.04 Å². The van der Waals surface area contributed by atoms with E-state index in [0.717, 1.165) is 32.4 Å². The summed E-state index contributed by atoms with van der Waals surface area (Å²) in [5.74, 6) is -0.0819. The molecule has 1 aromatic rings. The minimum Gasteiger partial charge on any atom is -0.378 e. The van der Waals surface area contributed by atoms with Gasteiger partial charge in [-0.15, -0.1) is 5.10 Å². The number of ether oxygens (including phenoxy) is 1. The highest BCUT2D eigenvalue weighted by atomic mass is 16.5. The van der Waals surface area contributed by atoms with Gasteiger partial charge in [-0.3, -0.25) is 4.79 Å². The van der Waals surface area contributed by atoms with E-state index in [9.17, 15) is 4.79 Å². The lowest BCUT2D eigenvalue weighted by Crippen LogP contribution is -2.35. The van der Waals surface area contributed by atoms with E-state index in [1.807, 2.05) is 0 Å². The fourth-order valence-corrected chi connectivity index (χ4v) is 2.30. The molecule has 1 atom stereocenters. The van der Waals surface area contributed by atoms with Gasteiger partial charge >= 0.3 is 0 Å². The van der Waals surface area contributed by atoms with Gasteiger partial charge in [0.05, 0.1) is 6.10 Å². The number of carbonyl (C=O) groups is 1. The van der Waals surface area contributed by atoms with Crippen LogP contribution in [0.25, 0.3) is 0 Å². The third kappa shape index (κ3) is 5.05. The number of rotatable bonds is 7. The molecule has 0 spiro atoms. The van der Waals surface area contributed by atoms with Crippen LogP contribution in [0.1, 0.15) is 32.2 Å². The fraction of sp³-hybridized carbons (Fsp3) is 0.846. The summed E-state index contributed by atoms with van der Waals surface area (Å²) in [5.41, 5.74) is 0. The van der Waals surface area contributed by atoms with Gasteiger partial charge in [-0.25, -0.2) is 4.68 Å². The van der Waals surface area contributed by atoms with Gasteiger partial charge in [0.2, 0.25) is 5.91 Å². The summed E-state index contributed by atoms with van der Waals surface area (Å²) < 4.78 is 7.27. The number of nitrogens with one attached hydrogen (secondary N) is 1. The van der Waals surface area contributed by atoms with Crippen LogP contribution >= 0.6 is 0 Å². The third-order valence-corrected chi connectivity index (χ3v) is 3.78. The van der Waals surface area contributed by atoms with Crippen LogP contribution in [-0.4, -0.2) is 70.4 Å². The molecule has 21 heavy (non-hydrogen) atoms. The minimum atomic E-state index is -0.394. The van der Waals surface area contributed by atoms with Crippen molar-refractivity contribution in [1.82, 2.24) is 30.4 Å². The molecule has 0 radical (unpaired) electrons. The highest BCUT2D eigenvalue weighted by Crippen LogP contribution is 2.12. The van der Waals surface area contributed by atoms with Crippen LogP contribution in [0.2, 0.25) is 0 Å². The molecule has 1 saturated heterocycles. The number of carbonyl (C=O) groups excluding carboxylic acids is 1. The van der Waals surface area contributed by atoms with Crippen LogP contribution in [0.4, 0.5) is 0 Å². The van der Waals surface area contributed by atoms with E-state index >= 15 is 0 Å². The molecule has 0 bridgehead atoms. The lowest BCUT2D eigenvalue weighted by molar-refractivity contribution is -0.124. The summed E-state index contributed by atoms with van der Waals surface area (Å²) in [6.07, 6.45) is 4.82. The van der Waals surface area contributed by atoms with Crippen LogP contribution < -0.4 is 5.32 Å². The molecular weight excluding hydrogens is 272 g/mol. The molecular formula is C13H24N6O2. The molecule has 118 valence electrons. The molecule has 1 aromatic heterocycles. The quantitative estimate of drug-likeness (QED) is 0.704. The fourth-order valence-electron chi connectivity index (χ4n) is 2.30. The van der Waals surface area contributed by atoms with Crippen LogP contribution in [0.15, 0.2) is 6.33 Å². The van der Waals surface area contributed by atoms with E-state index in [1.54, 1.807) is 6.92 Å². The Balaban J connectivity index is 1.54. The first-order valence-corrected chi connectivity index (χ1v) is 7.47. The zero-order valence-corrected chi connectivity index (χ0v) is 12.7. The molecule has 0 saturated carbocycles. The smallest absolute Gasteiger partial charge is 0.244 e. The number of aromatic nitrogens is 4. The van der Waals surface area contributed by atoms with Gasteiger partial charge in [0, 0.05) is 26.2 Å². The molecule has 1 aliphatic rings. The maximum Gasteiger partial charge on any atom is 0.244 e. The second kappa shape index (κ2) is 8.04. The minimum absolute atomic E-state index is 0.0819. The van der Waals surface area contributed by atoms with Gasteiger partial charge in [-0.2, -0.15) is 0 Å². The molecule has 0 aromatic carbocycles. The number of nitrogens with zero attached hydrogens (tertiary/aromatic N) is 5.